The van der Waals surface area contributed by atoms with Crippen LogP contribution in [-0.2, 0) is 24.7 Å². The minimum absolute atomic E-state index is 0.497. The van der Waals surface area contributed by atoms with Crippen molar-refractivity contribution in [2.45, 2.75) is 37.6 Å². The van der Waals surface area contributed by atoms with Crippen LogP contribution in [0.25, 0.3) is 0 Å². The van der Waals surface area contributed by atoms with Gasteiger partial charge in [-0.2, -0.15) is 8.42 Å². The second-order valence-electron chi connectivity index (χ2n) is 3.84. The van der Waals surface area contributed by atoms with Crippen molar-refractivity contribution in [1.29, 1.82) is 0 Å². The Morgan fingerprint density at radius 2 is 1.75 bits per heavy atom. The van der Waals surface area contributed by atoms with Crippen LogP contribution in [0.15, 0.2) is 0 Å². The highest BCUT2D eigenvalue weighted by Crippen LogP contribution is 2.20. The Morgan fingerprint density at radius 1 is 1.30 bits per heavy atom. The van der Waals surface area contributed by atoms with Crippen LogP contribution in [-0.4, -0.2) is 76.1 Å². The lowest BCUT2D eigenvalue weighted by molar-refractivity contribution is -0.258. The first kappa shape index (κ1) is 19.1. The van der Waals surface area contributed by atoms with Gasteiger partial charge in [-0.1, -0.05) is 0 Å². The first-order valence-corrected chi connectivity index (χ1v) is 6.62. The third-order valence-corrected chi connectivity index (χ3v) is 2.21. The first-order chi connectivity index (χ1) is 8.97. The number of nitrogens with two attached hydrogens (primary N) is 1. The minimum atomic E-state index is -4.67. The monoisotopic (exact) mass is 319 g/mol. The van der Waals surface area contributed by atoms with Crippen LogP contribution >= 0.6 is 0 Å². The third-order valence-electron chi connectivity index (χ3n) is 2.21. The molecule has 1 fully saturated rings. The highest BCUT2D eigenvalue weighted by molar-refractivity contribution is 7.79. The van der Waals surface area contributed by atoms with E-state index in [2.05, 4.69) is 4.74 Å². The van der Waals surface area contributed by atoms with E-state index >= 15 is 0 Å². The van der Waals surface area contributed by atoms with Gasteiger partial charge in [0.1, 0.15) is 18.3 Å². The van der Waals surface area contributed by atoms with Gasteiger partial charge in [0.15, 0.2) is 0 Å². The van der Waals surface area contributed by atoms with E-state index in [9.17, 15) is 15.0 Å². The second-order valence-corrected chi connectivity index (χ2v) is 4.74. The van der Waals surface area contributed by atoms with Gasteiger partial charge in [-0.05, 0) is 0 Å². The van der Waals surface area contributed by atoms with E-state index in [1.54, 1.807) is 0 Å². The molecule has 7 N–H and O–H groups in total. The van der Waals surface area contributed by atoms with Gasteiger partial charge in [0.05, 0.1) is 12.6 Å². The fourth-order valence-electron chi connectivity index (χ4n) is 1.37. The largest absolute Gasteiger partial charge is 0.434 e. The number of esters is 1. The van der Waals surface area contributed by atoms with Crippen molar-refractivity contribution in [3.63, 3.8) is 0 Å². The lowest BCUT2D eigenvalue weighted by atomic mass is 9.98. The Labute approximate surface area is 114 Å². The number of rotatable bonds is 2. The Balaban J connectivity index is 0.000000621. The molecule has 0 amide bonds. The van der Waals surface area contributed by atoms with E-state index in [4.69, 9.17) is 33.1 Å². The van der Waals surface area contributed by atoms with Crippen LogP contribution in [0.3, 0.4) is 0 Å². The summed E-state index contributed by atoms with van der Waals surface area (Å²) in [4.78, 5) is 10.7. The molecule has 0 radical (unpaired) electrons. The maximum Gasteiger partial charge on any atom is 0.394 e. The summed E-state index contributed by atoms with van der Waals surface area (Å²) >= 11 is 0. The average Bonchev–Trinajstić information content (AvgIpc) is 2.27. The van der Waals surface area contributed by atoms with Crippen molar-refractivity contribution < 1.29 is 47.1 Å². The van der Waals surface area contributed by atoms with Crippen LogP contribution in [0.2, 0.25) is 0 Å². The van der Waals surface area contributed by atoms with Crippen molar-refractivity contribution in [1.82, 2.24) is 0 Å². The van der Waals surface area contributed by atoms with Gasteiger partial charge >= 0.3 is 16.4 Å². The number of carbonyl (C=O) groups excluding carboxylic acids is 1. The summed E-state index contributed by atoms with van der Waals surface area (Å²) in [7, 11) is -4.67. The predicted molar refractivity (Wildman–Crippen MR) is 61.7 cm³/mol. The molecule has 1 aliphatic heterocycles. The number of carbonyl (C=O) groups is 1. The smallest absolute Gasteiger partial charge is 0.394 e. The number of aliphatic hydroxyl groups is 3. The zero-order valence-corrected chi connectivity index (χ0v) is 11.2. The van der Waals surface area contributed by atoms with E-state index in [1.807, 2.05) is 0 Å². The topological polar surface area (TPSA) is 197 Å². The summed E-state index contributed by atoms with van der Waals surface area (Å²) in [6.45, 7) is 0.671. The molecule has 1 unspecified atom stereocenters. The van der Waals surface area contributed by atoms with Crippen LogP contribution in [0.5, 0.6) is 0 Å². The number of aliphatic hydroxyl groups excluding tert-OH is 3. The minimum Gasteiger partial charge on any atom is -0.434 e. The van der Waals surface area contributed by atoms with Crippen LogP contribution in [0.1, 0.15) is 6.92 Å². The lowest BCUT2D eigenvalue weighted by Gasteiger charge is -2.39. The lowest BCUT2D eigenvalue weighted by Crippen LogP contribution is -2.62. The molecular formula is C8H17NO10S. The van der Waals surface area contributed by atoms with Gasteiger partial charge in [0.2, 0.25) is 6.29 Å². The van der Waals surface area contributed by atoms with Gasteiger partial charge in [-0.3, -0.25) is 13.9 Å². The van der Waals surface area contributed by atoms with E-state index in [-0.39, 0.29) is 0 Å². The van der Waals surface area contributed by atoms with Crippen molar-refractivity contribution >= 4 is 16.4 Å². The van der Waals surface area contributed by atoms with Gasteiger partial charge in [0.25, 0.3) is 0 Å². The molecule has 1 saturated heterocycles. The maximum absolute atomic E-state index is 10.7. The van der Waals surface area contributed by atoms with Crippen molar-refractivity contribution in [3.8, 4) is 0 Å². The SMILES string of the molecule is CC(=O)OC1O[C@H](CO)[C@@H](O)[C@H](O)[C@H]1N.O=S(=O)(O)O. The standard InChI is InChI=1S/C8H15NO6.H2O4S/c1-3(11)14-8-5(9)7(13)6(12)4(2-10)15-8;1-5(2,3)4/h4-8,10,12-13H,2,9H2,1H3;(H2,1,2,3,4)/t4-,5-,6-,7-,8?;/m1./s1. The number of hydrogen-bond acceptors (Lipinski definition) is 9. The normalized spacial score (nSPS) is 33.9. The van der Waals surface area contributed by atoms with Gasteiger partial charge in [0, 0.05) is 6.92 Å². The highest BCUT2D eigenvalue weighted by atomic mass is 32.3. The summed E-state index contributed by atoms with van der Waals surface area (Å²) in [6.07, 6.45) is -4.76. The number of hydrogen-bond donors (Lipinski definition) is 6. The third kappa shape index (κ3) is 7.06. The highest BCUT2D eigenvalue weighted by Gasteiger charge is 2.43. The molecule has 1 heterocycles. The molecule has 5 atom stereocenters. The molecule has 12 heteroatoms. The Kier molecular flexibility index (Phi) is 7.46. The van der Waals surface area contributed by atoms with Crippen molar-refractivity contribution in [3.05, 3.63) is 0 Å². The second kappa shape index (κ2) is 7.80. The van der Waals surface area contributed by atoms with Gasteiger partial charge in [-0.15, -0.1) is 0 Å². The van der Waals surface area contributed by atoms with E-state index < -0.39 is 53.6 Å². The fourth-order valence-corrected chi connectivity index (χ4v) is 1.37. The van der Waals surface area contributed by atoms with Crippen molar-refractivity contribution in [2.75, 3.05) is 6.61 Å². The Bertz CT molecular complexity index is 401. The molecule has 0 aliphatic carbocycles. The van der Waals surface area contributed by atoms with E-state index in [0.29, 0.717) is 0 Å². The maximum atomic E-state index is 10.7. The predicted octanol–water partition coefficient (Wildman–Crippen LogP) is -3.34. The molecule has 1 rings (SSSR count). The first-order valence-electron chi connectivity index (χ1n) is 5.22. The average molecular weight is 319 g/mol. The molecular weight excluding hydrogens is 302 g/mol. The van der Waals surface area contributed by atoms with E-state index in [0.717, 1.165) is 0 Å². The summed E-state index contributed by atoms with van der Waals surface area (Å²) in [5, 5.41) is 27.7. The molecule has 0 bridgehead atoms. The summed E-state index contributed by atoms with van der Waals surface area (Å²) in [5.74, 6) is -0.615. The molecule has 20 heavy (non-hydrogen) atoms. The molecule has 0 saturated carbocycles. The van der Waals surface area contributed by atoms with E-state index in [1.165, 1.54) is 6.92 Å². The van der Waals surface area contributed by atoms with Crippen LogP contribution in [0.4, 0.5) is 0 Å². The van der Waals surface area contributed by atoms with Gasteiger partial charge in [-0.25, -0.2) is 0 Å². The molecule has 11 nitrogen and oxygen atoms in total. The molecule has 1 aliphatic rings. The fraction of sp³-hybridized carbons (Fsp3) is 0.875. The summed E-state index contributed by atoms with van der Waals surface area (Å²) < 4.78 is 41.3. The molecule has 120 valence electrons. The molecule has 0 aromatic carbocycles. The van der Waals surface area contributed by atoms with Crippen molar-refractivity contribution in [2.24, 2.45) is 5.73 Å². The van der Waals surface area contributed by atoms with Crippen LogP contribution < -0.4 is 5.73 Å². The summed E-state index contributed by atoms with van der Waals surface area (Å²) in [6, 6.07) is -1.04. The van der Waals surface area contributed by atoms with Gasteiger partial charge < -0.3 is 30.5 Å². The number of ether oxygens (including phenoxy) is 2. The zero-order chi connectivity index (χ0) is 16.1. The summed E-state index contributed by atoms with van der Waals surface area (Å²) in [5.41, 5.74) is 5.48. The quantitative estimate of drug-likeness (QED) is 0.220. The zero-order valence-electron chi connectivity index (χ0n) is 10.4. The Morgan fingerprint density at radius 3 is 2.10 bits per heavy atom. The Hall–Kier alpha value is -0.860. The van der Waals surface area contributed by atoms with Crippen LogP contribution in [0, 0.1) is 0 Å². The molecule has 0 aromatic heterocycles. The molecule has 0 spiro atoms. The molecule has 0 aromatic rings.